The molecule has 170 valence electrons. The lowest BCUT2D eigenvalue weighted by atomic mass is 9.84. The summed E-state index contributed by atoms with van der Waals surface area (Å²) < 4.78 is 23.3. The summed E-state index contributed by atoms with van der Waals surface area (Å²) in [7, 11) is 3.47. The van der Waals surface area contributed by atoms with E-state index in [1.807, 2.05) is 6.07 Å². The van der Waals surface area contributed by atoms with Gasteiger partial charge in [-0.05, 0) is 48.2 Å². The highest BCUT2D eigenvalue weighted by atomic mass is 16.6. The van der Waals surface area contributed by atoms with Crippen molar-refractivity contribution in [3.8, 4) is 23.0 Å². The number of fused-ring (bicyclic) bond motifs is 5. The topological polar surface area (TPSA) is 40.2 Å². The molecule has 0 fully saturated rings. The van der Waals surface area contributed by atoms with Crippen molar-refractivity contribution in [2.45, 2.75) is 51.5 Å². The van der Waals surface area contributed by atoms with Crippen LogP contribution in [0.15, 0.2) is 24.3 Å². The summed E-state index contributed by atoms with van der Waals surface area (Å²) in [6.45, 7) is 4.47. The zero-order valence-electron chi connectivity index (χ0n) is 19.4. The summed E-state index contributed by atoms with van der Waals surface area (Å²) in [6.07, 6.45) is 9.41. The third-order valence-electron chi connectivity index (χ3n) is 6.93. The molecule has 3 aliphatic rings. The average molecular weight is 436 g/mol. The molecule has 1 unspecified atom stereocenters. The predicted octanol–water partition coefficient (Wildman–Crippen LogP) is 5.86. The van der Waals surface area contributed by atoms with Gasteiger partial charge in [-0.3, -0.25) is 0 Å². The van der Waals surface area contributed by atoms with Crippen LogP contribution in [0.2, 0.25) is 0 Å². The van der Waals surface area contributed by atoms with Crippen molar-refractivity contribution < 1.29 is 18.9 Å². The highest BCUT2D eigenvalue weighted by molar-refractivity contribution is 5.88. The summed E-state index contributed by atoms with van der Waals surface area (Å²) in [5.41, 5.74) is 6.36. The van der Waals surface area contributed by atoms with Crippen molar-refractivity contribution in [2.75, 3.05) is 34.0 Å². The molecule has 3 aliphatic heterocycles. The molecule has 5 nitrogen and oxygen atoms in total. The van der Waals surface area contributed by atoms with E-state index in [1.54, 1.807) is 14.2 Å². The van der Waals surface area contributed by atoms with Crippen LogP contribution in [0.1, 0.15) is 67.3 Å². The summed E-state index contributed by atoms with van der Waals surface area (Å²) in [5, 5.41) is 0. The minimum absolute atomic E-state index is 0.272. The number of nitrogens with zero attached hydrogens (tertiary/aromatic N) is 1. The highest BCUT2D eigenvalue weighted by Crippen LogP contribution is 2.50. The van der Waals surface area contributed by atoms with Crippen LogP contribution in [0.25, 0.3) is 11.8 Å². The zero-order chi connectivity index (χ0) is 22.1. The lowest BCUT2D eigenvalue weighted by Gasteiger charge is -2.44. The molecule has 0 bridgehead atoms. The molecular formula is C27H33NO4. The Kier molecular flexibility index (Phi) is 5.90. The maximum absolute atomic E-state index is 5.92. The van der Waals surface area contributed by atoms with Gasteiger partial charge in [0.2, 0.25) is 0 Å². The largest absolute Gasteiger partial charge is 0.493 e. The van der Waals surface area contributed by atoms with E-state index in [9.17, 15) is 0 Å². The van der Waals surface area contributed by atoms with Crippen LogP contribution in [0.3, 0.4) is 0 Å². The quantitative estimate of drug-likeness (QED) is 0.510. The molecule has 2 aromatic rings. The average Bonchev–Trinajstić information content (AvgIpc) is 2.84. The first kappa shape index (κ1) is 21.0. The molecule has 0 saturated carbocycles. The maximum atomic E-state index is 5.92. The van der Waals surface area contributed by atoms with E-state index in [1.165, 1.54) is 53.6 Å². The predicted molar refractivity (Wildman–Crippen MR) is 127 cm³/mol. The molecule has 5 heteroatoms. The minimum Gasteiger partial charge on any atom is -0.493 e. The number of unbranched alkanes of at least 4 members (excludes halogenated alkanes) is 3. The summed E-state index contributed by atoms with van der Waals surface area (Å²) in [6, 6.07) is 8.83. The standard InChI is InChI=1S/C27H33NO4/c1-4-5-6-7-8-21-26-19(9-10-23(29-2)27(26)30-3)15-22-20-17-25-24(31-13-14-32-25)16-18(20)11-12-28(21)22/h9-10,15-17,21H,4-8,11-14H2,1-3H3. The van der Waals surface area contributed by atoms with Gasteiger partial charge in [0, 0.05) is 23.4 Å². The molecule has 1 atom stereocenters. The Bertz CT molecular complexity index is 1030. The van der Waals surface area contributed by atoms with E-state index in [4.69, 9.17) is 18.9 Å². The van der Waals surface area contributed by atoms with Gasteiger partial charge < -0.3 is 23.8 Å². The minimum atomic E-state index is 0.272. The molecule has 0 aromatic heterocycles. The van der Waals surface area contributed by atoms with Gasteiger partial charge in [-0.25, -0.2) is 0 Å². The van der Waals surface area contributed by atoms with Crippen LogP contribution >= 0.6 is 0 Å². The van der Waals surface area contributed by atoms with E-state index in [-0.39, 0.29) is 6.04 Å². The zero-order valence-corrected chi connectivity index (χ0v) is 19.4. The summed E-state index contributed by atoms with van der Waals surface area (Å²) >= 11 is 0. The van der Waals surface area contributed by atoms with Crippen molar-refractivity contribution in [3.05, 3.63) is 46.5 Å². The second-order valence-electron chi connectivity index (χ2n) is 8.80. The molecule has 0 N–H and O–H groups in total. The smallest absolute Gasteiger partial charge is 0.166 e. The number of benzene rings is 2. The van der Waals surface area contributed by atoms with Gasteiger partial charge in [0.1, 0.15) is 13.2 Å². The third-order valence-corrected chi connectivity index (χ3v) is 6.93. The molecule has 5 rings (SSSR count). The molecule has 0 saturated heterocycles. The Morgan fingerprint density at radius 1 is 1.00 bits per heavy atom. The Morgan fingerprint density at radius 3 is 2.56 bits per heavy atom. The van der Waals surface area contributed by atoms with Crippen LogP contribution < -0.4 is 18.9 Å². The Labute approximate surface area is 190 Å². The van der Waals surface area contributed by atoms with Crippen LogP contribution in [0.4, 0.5) is 0 Å². The molecule has 32 heavy (non-hydrogen) atoms. The van der Waals surface area contributed by atoms with Gasteiger partial charge in [-0.15, -0.1) is 0 Å². The molecular weight excluding hydrogens is 402 g/mol. The molecule has 0 aliphatic carbocycles. The fraction of sp³-hybridized carbons (Fsp3) is 0.481. The van der Waals surface area contributed by atoms with E-state index in [0.717, 1.165) is 42.4 Å². The number of rotatable bonds is 7. The fourth-order valence-electron chi connectivity index (χ4n) is 5.38. The van der Waals surface area contributed by atoms with Crippen LogP contribution in [0, 0.1) is 0 Å². The first-order valence-electron chi connectivity index (χ1n) is 11.9. The van der Waals surface area contributed by atoms with Crippen LogP contribution in [-0.2, 0) is 6.42 Å². The first-order chi connectivity index (χ1) is 15.7. The first-order valence-corrected chi connectivity index (χ1v) is 11.9. The fourth-order valence-corrected chi connectivity index (χ4v) is 5.38. The van der Waals surface area contributed by atoms with Crippen LogP contribution in [-0.4, -0.2) is 38.9 Å². The van der Waals surface area contributed by atoms with Crippen molar-refractivity contribution in [2.24, 2.45) is 0 Å². The molecule has 0 amide bonds. The number of ether oxygens (including phenoxy) is 4. The van der Waals surface area contributed by atoms with E-state index >= 15 is 0 Å². The SMILES string of the molecule is CCCCCCC1c2c(ccc(OC)c2OC)C=C2c3cc4c(cc3CCN21)OCCO4. The van der Waals surface area contributed by atoms with Crippen LogP contribution in [0.5, 0.6) is 23.0 Å². The van der Waals surface area contributed by atoms with Gasteiger partial charge in [0.15, 0.2) is 23.0 Å². The number of hydrogen-bond acceptors (Lipinski definition) is 5. The molecule has 0 spiro atoms. The van der Waals surface area contributed by atoms with E-state index in [0.29, 0.717) is 13.2 Å². The molecule has 3 heterocycles. The van der Waals surface area contributed by atoms with Crippen molar-refractivity contribution >= 4 is 11.8 Å². The second kappa shape index (κ2) is 8.97. The van der Waals surface area contributed by atoms with E-state index < -0.39 is 0 Å². The van der Waals surface area contributed by atoms with Gasteiger partial charge in [-0.2, -0.15) is 0 Å². The van der Waals surface area contributed by atoms with Gasteiger partial charge in [0.25, 0.3) is 0 Å². The van der Waals surface area contributed by atoms with Gasteiger partial charge >= 0.3 is 0 Å². The lowest BCUT2D eigenvalue weighted by molar-refractivity contribution is 0.171. The van der Waals surface area contributed by atoms with Crippen molar-refractivity contribution in [1.82, 2.24) is 4.90 Å². The Balaban J connectivity index is 1.61. The second-order valence-corrected chi connectivity index (χ2v) is 8.80. The monoisotopic (exact) mass is 435 g/mol. The Morgan fingerprint density at radius 2 is 1.81 bits per heavy atom. The lowest BCUT2D eigenvalue weighted by Crippen LogP contribution is -2.36. The summed E-state index contributed by atoms with van der Waals surface area (Å²) in [5.74, 6) is 3.41. The van der Waals surface area contributed by atoms with Crippen molar-refractivity contribution in [1.29, 1.82) is 0 Å². The molecule has 0 radical (unpaired) electrons. The highest BCUT2D eigenvalue weighted by Gasteiger charge is 2.36. The third kappa shape index (κ3) is 3.58. The number of methoxy groups -OCH3 is 2. The van der Waals surface area contributed by atoms with Crippen molar-refractivity contribution in [3.63, 3.8) is 0 Å². The molecule has 2 aromatic carbocycles. The van der Waals surface area contributed by atoms with Gasteiger partial charge in [0.05, 0.1) is 20.3 Å². The van der Waals surface area contributed by atoms with Gasteiger partial charge in [-0.1, -0.05) is 38.7 Å². The van der Waals surface area contributed by atoms with E-state index in [2.05, 4.69) is 36.1 Å². The normalized spacial score (nSPS) is 18.3. The number of hydrogen-bond donors (Lipinski definition) is 0. The Hall–Kier alpha value is -2.82. The summed E-state index contributed by atoms with van der Waals surface area (Å²) in [4.78, 5) is 2.58. The maximum Gasteiger partial charge on any atom is 0.166 e.